The first-order chi connectivity index (χ1) is 12.8. The van der Waals surface area contributed by atoms with Gasteiger partial charge >= 0.3 is 0 Å². The molecule has 0 saturated carbocycles. The zero-order valence-corrected chi connectivity index (χ0v) is 16.5. The molecule has 6 nitrogen and oxygen atoms in total. The van der Waals surface area contributed by atoms with Crippen molar-refractivity contribution in [2.24, 2.45) is 0 Å². The summed E-state index contributed by atoms with van der Waals surface area (Å²) in [4.78, 5) is 24.5. The van der Waals surface area contributed by atoms with Gasteiger partial charge in [-0.25, -0.2) is 0 Å². The fourth-order valence-corrected chi connectivity index (χ4v) is 2.51. The summed E-state index contributed by atoms with van der Waals surface area (Å²) in [6.45, 7) is 5.76. The Hall–Kier alpha value is -2.73. The fourth-order valence-electron chi connectivity index (χ4n) is 2.34. The lowest BCUT2D eigenvalue weighted by molar-refractivity contribution is -0.128. The fraction of sp³-hybridized carbons (Fsp3) is 0.300. The molecule has 0 aliphatic rings. The number of hydrogen-bond donors (Lipinski definition) is 2. The van der Waals surface area contributed by atoms with Crippen LogP contribution < -0.4 is 20.3 Å². The zero-order valence-electron chi connectivity index (χ0n) is 15.7. The lowest BCUT2D eigenvalue weighted by Gasteiger charge is -2.16. The van der Waals surface area contributed by atoms with Gasteiger partial charge in [-0.3, -0.25) is 20.4 Å². The molecule has 0 spiro atoms. The summed E-state index contributed by atoms with van der Waals surface area (Å²) in [5.41, 5.74) is 6.06. The number of ether oxygens (including phenoxy) is 2. The van der Waals surface area contributed by atoms with Gasteiger partial charge in [-0.15, -0.1) is 0 Å². The number of methoxy groups -OCH3 is 1. The Labute approximate surface area is 163 Å². The van der Waals surface area contributed by atoms with Crippen molar-refractivity contribution >= 4 is 23.4 Å². The van der Waals surface area contributed by atoms with Gasteiger partial charge < -0.3 is 9.47 Å². The first-order valence-electron chi connectivity index (χ1n) is 8.52. The van der Waals surface area contributed by atoms with Gasteiger partial charge in [0.1, 0.15) is 11.5 Å². The maximum atomic E-state index is 12.3. The van der Waals surface area contributed by atoms with Crippen LogP contribution in [-0.4, -0.2) is 25.0 Å². The SMILES string of the molecule is COc1cc(Cl)ccc1C(=O)NNC(=O)C(C)Oc1cccc(C(C)C)c1. The van der Waals surface area contributed by atoms with Crippen LogP contribution in [0, 0.1) is 0 Å². The van der Waals surface area contributed by atoms with Gasteiger partial charge in [0.25, 0.3) is 11.8 Å². The van der Waals surface area contributed by atoms with E-state index in [-0.39, 0.29) is 5.56 Å². The van der Waals surface area contributed by atoms with Crippen molar-refractivity contribution in [1.82, 2.24) is 10.9 Å². The summed E-state index contributed by atoms with van der Waals surface area (Å²) < 4.78 is 10.8. The molecule has 0 radical (unpaired) electrons. The van der Waals surface area contributed by atoms with Gasteiger partial charge in [-0.1, -0.05) is 37.6 Å². The highest BCUT2D eigenvalue weighted by molar-refractivity contribution is 6.30. The molecular formula is C20H23ClN2O4. The van der Waals surface area contributed by atoms with Gasteiger partial charge in [0.2, 0.25) is 0 Å². The van der Waals surface area contributed by atoms with E-state index in [0.717, 1.165) is 5.56 Å². The van der Waals surface area contributed by atoms with Crippen LogP contribution in [0.2, 0.25) is 5.02 Å². The molecule has 0 heterocycles. The second-order valence-electron chi connectivity index (χ2n) is 6.28. The Bertz CT molecular complexity index is 823. The van der Waals surface area contributed by atoms with Crippen LogP contribution in [0.15, 0.2) is 42.5 Å². The van der Waals surface area contributed by atoms with E-state index in [1.54, 1.807) is 19.1 Å². The van der Waals surface area contributed by atoms with Crippen LogP contribution in [0.5, 0.6) is 11.5 Å². The number of hydrogen-bond acceptors (Lipinski definition) is 4. The topological polar surface area (TPSA) is 76.7 Å². The third-order valence-electron chi connectivity index (χ3n) is 3.91. The highest BCUT2D eigenvalue weighted by Gasteiger charge is 2.18. The first-order valence-corrected chi connectivity index (χ1v) is 8.90. The standard InChI is InChI=1S/C20H23ClN2O4/c1-12(2)14-6-5-7-16(10-14)27-13(3)19(24)22-23-20(25)17-9-8-15(21)11-18(17)26-4/h5-13H,1-4H3,(H,22,24)(H,23,25). The van der Waals surface area contributed by atoms with E-state index in [0.29, 0.717) is 22.4 Å². The van der Waals surface area contributed by atoms with Crippen molar-refractivity contribution in [2.75, 3.05) is 7.11 Å². The third-order valence-corrected chi connectivity index (χ3v) is 4.15. The zero-order chi connectivity index (χ0) is 20.0. The summed E-state index contributed by atoms with van der Waals surface area (Å²) in [5.74, 6) is 0.252. The Balaban J connectivity index is 1.95. The molecule has 0 fully saturated rings. The summed E-state index contributed by atoms with van der Waals surface area (Å²) >= 11 is 5.88. The molecule has 2 amide bonds. The van der Waals surface area contributed by atoms with Crippen LogP contribution in [0.3, 0.4) is 0 Å². The third kappa shape index (κ3) is 5.62. The van der Waals surface area contributed by atoms with E-state index in [1.807, 2.05) is 18.2 Å². The van der Waals surface area contributed by atoms with Crippen molar-refractivity contribution in [3.63, 3.8) is 0 Å². The molecule has 2 aromatic rings. The second-order valence-corrected chi connectivity index (χ2v) is 6.71. The molecule has 7 heteroatoms. The van der Waals surface area contributed by atoms with Crippen LogP contribution in [0.4, 0.5) is 0 Å². The summed E-state index contributed by atoms with van der Waals surface area (Å²) in [6, 6.07) is 12.2. The first kappa shape index (κ1) is 20.6. The van der Waals surface area contributed by atoms with Gasteiger partial charge in [0.15, 0.2) is 6.10 Å². The second kappa shape index (κ2) is 9.28. The Morgan fingerprint density at radius 2 is 1.78 bits per heavy atom. The number of hydrazine groups is 1. The number of nitrogens with one attached hydrogen (secondary N) is 2. The number of benzene rings is 2. The van der Waals surface area contributed by atoms with Gasteiger partial charge in [0, 0.05) is 5.02 Å². The van der Waals surface area contributed by atoms with Crippen LogP contribution in [0.25, 0.3) is 0 Å². The number of amides is 2. The van der Waals surface area contributed by atoms with Crippen molar-refractivity contribution in [3.05, 3.63) is 58.6 Å². The summed E-state index contributed by atoms with van der Waals surface area (Å²) in [6.07, 6.45) is -0.792. The van der Waals surface area contributed by atoms with Crippen molar-refractivity contribution in [3.8, 4) is 11.5 Å². The predicted molar refractivity (Wildman–Crippen MR) is 104 cm³/mol. The smallest absolute Gasteiger partial charge is 0.279 e. The quantitative estimate of drug-likeness (QED) is 0.737. The summed E-state index contributed by atoms with van der Waals surface area (Å²) in [7, 11) is 1.43. The lowest BCUT2D eigenvalue weighted by atomic mass is 10.0. The Kier molecular flexibility index (Phi) is 7.07. The van der Waals surface area contributed by atoms with Gasteiger partial charge in [0.05, 0.1) is 12.7 Å². The molecule has 0 aliphatic carbocycles. The molecule has 27 heavy (non-hydrogen) atoms. The molecule has 2 N–H and O–H groups in total. The van der Waals surface area contributed by atoms with Gasteiger partial charge in [-0.05, 0) is 48.7 Å². The highest BCUT2D eigenvalue weighted by Crippen LogP contribution is 2.23. The van der Waals surface area contributed by atoms with Gasteiger partial charge in [-0.2, -0.15) is 0 Å². The molecule has 0 aliphatic heterocycles. The highest BCUT2D eigenvalue weighted by atomic mass is 35.5. The van der Waals surface area contributed by atoms with E-state index in [4.69, 9.17) is 21.1 Å². The maximum Gasteiger partial charge on any atom is 0.279 e. The predicted octanol–water partition coefficient (Wildman–Crippen LogP) is 3.70. The Morgan fingerprint density at radius 3 is 2.44 bits per heavy atom. The number of carbonyl (C=O) groups is 2. The molecule has 2 rings (SSSR count). The monoisotopic (exact) mass is 390 g/mol. The molecule has 0 saturated heterocycles. The minimum Gasteiger partial charge on any atom is -0.496 e. The Morgan fingerprint density at radius 1 is 1.04 bits per heavy atom. The lowest BCUT2D eigenvalue weighted by Crippen LogP contribution is -2.47. The van der Waals surface area contributed by atoms with Crippen LogP contribution >= 0.6 is 11.6 Å². The molecule has 1 unspecified atom stereocenters. The molecular weight excluding hydrogens is 368 g/mol. The number of rotatable bonds is 6. The summed E-state index contributed by atoms with van der Waals surface area (Å²) in [5, 5.41) is 0.443. The number of carbonyl (C=O) groups excluding carboxylic acids is 2. The van der Waals surface area contributed by atoms with Crippen molar-refractivity contribution in [1.29, 1.82) is 0 Å². The van der Waals surface area contributed by atoms with E-state index in [1.165, 1.54) is 19.2 Å². The molecule has 144 valence electrons. The molecule has 0 bridgehead atoms. The van der Waals surface area contributed by atoms with Crippen molar-refractivity contribution in [2.45, 2.75) is 32.8 Å². The largest absolute Gasteiger partial charge is 0.496 e. The van der Waals surface area contributed by atoms with E-state index >= 15 is 0 Å². The van der Waals surface area contributed by atoms with Crippen molar-refractivity contribution < 1.29 is 19.1 Å². The average molecular weight is 391 g/mol. The van der Waals surface area contributed by atoms with E-state index in [2.05, 4.69) is 24.7 Å². The van der Waals surface area contributed by atoms with Crippen LogP contribution in [0.1, 0.15) is 42.6 Å². The normalized spacial score (nSPS) is 11.6. The maximum absolute atomic E-state index is 12.3. The minimum absolute atomic E-state index is 0.250. The van der Waals surface area contributed by atoms with E-state index in [9.17, 15) is 9.59 Å². The number of halogens is 1. The van der Waals surface area contributed by atoms with Crippen LogP contribution in [-0.2, 0) is 4.79 Å². The average Bonchev–Trinajstić information content (AvgIpc) is 2.65. The molecule has 1 atom stereocenters. The molecule has 0 aromatic heterocycles. The van der Waals surface area contributed by atoms with E-state index < -0.39 is 17.9 Å². The minimum atomic E-state index is -0.792. The molecule has 2 aromatic carbocycles.